The number of ether oxygens (including phenoxy) is 1. The third-order valence-corrected chi connectivity index (χ3v) is 4.00. The third-order valence-electron chi connectivity index (χ3n) is 3.21. The Labute approximate surface area is 124 Å². The minimum Gasteiger partial charge on any atom is -0.508 e. The summed E-state index contributed by atoms with van der Waals surface area (Å²) in [5.41, 5.74) is 1.56. The molecule has 0 bridgehead atoms. The molecule has 3 rings (SSSR count). The topological polar surface area (TPSA) is 41.5 Å². The molecule has 0 fully saturated rings. The van der Waals surface area contributed by atoms with Gasteiger partial charge in [-0.25, -0.2) is 0 Å². The highest BCUT2D eigenvalue weighted by molar-refractivity contribution is 7.99. The van der Waals surface area contributed by atoms with Crippen LogP contribution < -0.4 is 10.1 Å². The van der Waals surface area contributed by atoms with Gasteiger partial charge in [-0.05, 0) is 24.3 Å². The van der Waals surface area contributed by atoms with Crippen molar-refractivity contribution in [3.8, 4) is 11.5 Å². The van der Waals surface area contributed by atoms with E-state index < -0.39 is 5.76 Å². The maximum Gasteiger partial charge on any atom is 0.288 e. The van der Waals surface area contributed by atoms with Crippen LogP contribution in [0.1, 0.15) is 11.6 Å². The summed E-state index contributed by atoms with van der Waals surface area (Å²) in [6.07, 6.45) is 0. The number of nitrogens with one attached hydrogen (secondary N) is 1. The standard InChI is InChI=1S/C15H13F2NO2S/c16-15(17)21-14-4-2-1-3-11(14)18-12-8-20-13-7-9(19)5-6-10(12)13/h1-7,12,15,18-19H,8H2. The molecule has 0 spiro atoms. The van der Waals surface area contributed by atoms with Gasteiger partial charge in [-0.3, -0.25) is 0 Å². The van der Waals surface area contributed by atoms with Crippen LogP contribution in [0.3, 0.4) is 0 Å². The molecule has 0 aromatic heterocycles. The molecule has 0 aliphatic carbocycles. The second kappa shape index (κ2) is 5.81. The minimum atomic E-state index is -2.46. The van der Waals surface area contributed by atoms with Crippen molar-refractivity contribution in [2.24, 2.45) is 0 Å². The Morgan fingerprint density at radius 1 is 1.24 bits per heavy atom. The highest BCUT2D eigenvalue weighted by atomic mass is 32.2. The first-order chi connectivity index (χ1) is 10.1. The zero-order chi connectivity index (χ0) is 14.8. The number of alkyl halides is 2. The Morgan fingerprint density at radius 3 is 2.86 bits per heavy atom. The van der Waals surface area contributed by atoms with Crippen LogP contribution in [0.25, 0.3) is 0 Å². The Balaban J connectivity index is 1.83. The molecule has 2 N–H and O–H groups in total. The zero-order valence-electron chi connectivity index (χ0n) is 10.9. The number of phenolic OH excluding ortho intramolecular Hbond substituents is 1. The summed E-state index contributed by atoms with van der Waals surface area (Å²) in [6, 6.07) is 11.7. The molecule has 1 aliphatic rings. The SMILES string of the molecule is Oc1ccc2c(c1)OCC2Nc1ccccc1SC(F)F. The van der Waals surface area contributed by atoms with Gasteiger partial charge in [0.15, 0.2) is 0 Å². The van der Waals surface area contributed by atoms with Gasteiger partial charge in [-0.1, -0.05) is 23.9 Å². The van der Waals surface area contributed by atoms with E-state index in [-0.39, 0.29) is 11.8 Å². The van der Waals surface area contributed by atoms with Gasteiger partial charge in [0.1, 0.15) is 18.1 Å². The lowest BCUT2D eigenvalue weighted by atomic mass is 10.1. The highest BCUT2D eigenvalue weighted by Gasteiger charge is 2.25. The molecule has 0 amide bonds. The van der Waals surface area contributed by atoms with Gasteiger partial charge >= 0.3 is 0 Å². The van der Waals surface area contributed by atoms with Crippen LogP contribution in [0.4, 0.5) is 14.5 Å². The molecule has 0 saturated carbocycles. The van der Waals surface area contributed by atoms with E-state index in [1.807, 2.05) is 0 Å². The van der Waals surface area contributed by atoms with Gasteiger partial charge in [-0.2, -0.15) is 8.78 Å². The number of rotatable bonds is 4. The molecule has 3 nitrogen and oxygen atoms in total. The summed E-state index contributed by atoms with van der Waals surface area (Å²) in [4.78, 5) is 0.500. The second-order valence-corrected chi connectivity index (χ2v) is 5.64. The monoisotopic (exact) mass is 309 g/mol. The Bertz CT molecular complexity index is 651. The van der Waals surface area contributed by atoms with Crippen molar-refractivity contribution < 1.29 is 18.6 Å². The van der Waals surface area contributed by atoms with E-state index in [1.54, 1.807) is 42.5 Å². The van der Waals surface area contributed by atoms with Gasteiger partial charge in [0.25, 0.3) is 5.76 Å². The van der Waals surface area contributed by atoms with Crippen molar-refractivity contribution in [1.29, 1.82) is 0 Å². The molecule has 1 atom stereocenters. The van der Waals surface area contributed by atoms with Gasteiger partial charge in [-0.15, -0.1) is 0 Å². The largest absolute Gasteiger partial charge is 0.508 e. The van der Waals surface area contributed by atoms with Crippen molar-refractivity contribution in [2.45, 2.75) is 16.7 Å². The number of benzene rings is 2. The van der Waals surface area contributed by atoms with Crippen LogP contribution in [0, 0.1) is 0 Å². The molecule has 2 aromatic carbocycles. The fraction of sp³-hybridized carbons (Fsp3) is 0.200. The molecule has 6 heteroatoms. The zero-order valence-corrected chi connectivity index (χ0v) is 11.7. The Morgan fingerprint density at radius 2 is 2.05 bits per heavy atom. The van der Waals surface area contributed by atoms with Crippen LogP contribution in [0.15, 0.2) is 47.4 Å². The number of anilines is 1. The number of thioether (sulfide) groups is 1. The molecule has 21 heavy (non-hydrogen) atoms. The average Bonchev–Trinajstić information content (AvgIpc) is 2.83. The van der Waals surface area contributed by atoms with Gasteiger partial charge < -0.3 is 15.2 Å². The number of phenols is 1. The molecule has 2 aromatic rings. The highest BCUT2D eigenvalue weighted by Crippen LogP contribution is 2.39. The molecule has 1 heterocycles. The van der Waals surface area contributed by atoms with E-state index >= 15 is 0 Å². The molecule has 0 radical (unpaired) electrons. The lowest BCUT2D eigenvalue weighted by molar-refractivity contribution is 0.252. The normalized spacial score (nSPS) is 16.6. The summed E-state index contributed by atoms with van der Waals surface area (Å²) in [5.74, 6) is -1.70. The van der Waals surface area contributed by atoms with Crippen LogP contribution in [0.2, 0.25) is 0 Å². The van der Waals surface area contributed by atoms with E-state index in [0.29, 0.717) is 34.7 Å². The van der Waals surface area contributed by atoms with E-state index in [9.17, 15) is 13.9 Å². The molecule has 0 saturated heterocycles. The lowest BCUT2D eigenvalue weighted by Gasteiger charge is -2.16. The number of fused-ring (bicyclic) bond motifs is 1. The minimum absolute atomic E-state index is 0.125. The maximum atomic E-state index is 12.6. The smallest absolute Gasteiger partial charge is 0.288 e. The molecular weight excluding hydrogens is 296 g/mol. The van der Waals surface area contributed by atoms with Crippen molar-refractivity contribution in [1.82, 2.24) is 0 Å². The molecular formula is C15H13F2NO2S. The van der Waals surface area contributed by atoms with E-state index in [2.05, 4.69) is 5.32 Å². The van der Waals surface area contributed by atoms with Gasteiger partial charge in [0, 0.05) is 22.2 Å². The van der Waals surface area contributed by atoms with Crippen molar-refractivity contribution in [2.75, 3.05) is 11.9 Å². The number of halogens is 2. The predicted octanol–water partition coefficient (Wildman–Crippen LogP) is 4.25. The van der Waals surface area contributed by atoms with Gasteiger partial charge in [0.2, 0.25) is 0 Å². The fourth-order valence-electron chi connectivity index (χ4n) is 2.29. The fourth-order valence-corrected chi connectivity index (χ4v) is 2.89. The van der Waals surface area contributed by atoms with Crippen molar-refractivity contribution in [3.05, 3.63) is 48.0 Å². The number of hydrogen-bond acceptors (Lipinski definition) is 4. The molecule has 1 unspecified atom stereocenters. The first-order valence-electron chi connectivity index (χ1n) is 6.39. The van der Waals surface area contributed by atoms with Crippen LogP contribution in [0.5, 0.6) is 11.5 Å². The second-order valence-electron chi connectivity index (χ2n) is 4.60. The Kier molecular flexibility index (Phi) is 3.88. The van der Waals surface area contributed by atoms with E-state index in [4.69, 9.17) is 4.74 Å². The van der Waals surface area contributed by atoms with Crippen molar-refractivity contribution in [3.63, 3.8) is 0 Å². The third kappa shape index (κ3) is 3.05. The van der Waals surface area contributed by atoms with Gasteiger partial charge in [0.05, 0.1) is 6.04 Å². The van der Waals surface area contributed by atoms with E-state index in [1.165, 1.54) is 0 Å². The summed E-state index contributed by atoms with van der Waals surface area (Å²) < 4.78 is 30.7. The van der Waals surface area contributed by atoms with Crippen LogP contribution in [-0.4, -0.2) is 17.5 Å². The predicted molar refractivity (Wildman–Crippen MR) is 78.3 cm³/mol. The lowest BCUT2D eigenvalue weighted by Crippen LogP contribution is -2.12. The summed E-state index contributed by atoms with van der Waals surface area (Å²) >= 11 is 0.516. The van der Waals surface area contributed by atoms with Crippen LogP contribution in [-0.2, 0) is 0 Å². The average molecular weight is 309 g/mol. The first kappa shape index (κ1) is 14.0. The Hall–Kier alpha value is -1.95. The maximum absolute atomic E-state index is 12.6. The molecule has 1 aliphatic heterocycles. The summed E-state index contributed by atoms with van der Waals surface area (Å²) in [7, 11) is 0. The van der Waals surface area contributed by atoms with E-state index in [0.717, 1.165) is 5.56 Å². The first-order valence-corrected chi connectivity index (χ1v) is 7.27. The summed E-state index contributed by atoms with van der Waals surface area (Å²) in [6.45, 7) is 0.395. The number of aromatic hydroxyl groups is 1. The van der Waals surface area contributed by atoms with Crippen LogP contribution >= 0.6 is 11.8 Å². The quantitative estimate of drug-likeness (QED) is 0.828. The number of para-hydroxylation sites is 1. The van der Waals surface area contributed by atoms with Crippen molar-refractivity contribution >= 4 is 17.4 Å². The summed E-state index contributed by atoms with van der Waals surface area (Å²) in [5, 5.41) is 12.7. The molecule has 110 valence electrons. The number of hydrogen-bond donors (Lipinski definition) is 2.